The summed E-state index contributed by atoms with van der Waals surface area (Å²) in [6, 6.07) is -1.75. The van der Waals surface area contributed by atoms with Crippen molar-refractivity contribution in [2.45, 2.75) is 75.0 Å². The molecule has 2 amide bonds. The van der Waals surface area contributed by atoms with Gasteiger partial charge in [0.2, 0.25) is 5.91 Å². The summed E-state index contributed by atoms with van der Waals surface area (Å²) >= 11 is 0. The molecule has 0 heterocycles. The molecule has 192 valence electrons. The summed E-state index contributed by atoms with van der Waals surface area (Å²) in [6.45, 7) is 0.483. The molecule has 0 rings (SSSR count). The van der Waals surface area contributed by atoms with E-state index in [0.717, 1.165) is 0 Å². The summed E-state index contributed by atoms with van der Waals surface area (Å²) in [5, 5.41) is 51.3. The SMILES string of the molecule is COC(=O)C(CCCCN)NC(=O)[C@@H](N)CCCCNC(=O)[C@H](O)[C@@H](O)[C@@H](O)[C@H](O)C(=O)O. The minimum atomic E-state index is -2.38. The van der Waals surface area contributed by atoms with Crippen LogP contribution in [0.2, 0.25) is 0 Å². The number of aliphatic carboxylic acids is 1. The third-order valence-electron chi connectivity index (χ3n) is 4.85. The van der Waals surface area contributed by atoms with Crippen LogP contribution in [0.1, 0.15) is 38.5 Å². The molecule has 0 saturated carbocycles. The maximum atomic E-state index is 12.2. The van der Waals surface area contributed by atoms with Crippen LogP contribution in [-0.4, -0.2) is 106 Å². The number of carboxylic acid groups (broad SMARTS) is 1. The number of nitrogens with one attached hydrogen (secondary N) is 2. The van der Waals surface area contributed by atoms with Gasteiger partial charge in [-0.2, -0.15) is 0 Å². The zero-order valence-electron chi connectivity index (χ0n) is 18.6. The van der Waals surface area contributed by atoms with Crippen LogP contribution in [-0.2, 0) is 23.9 Å². The molecule has 1 unspecified atom stereocenters. The Morgan fingerprint density at radius 3 is 2.00 bits per heavy atom. The molecule has 0 spiro atoms. The first-order valence-corrected chi connectivity index (χ1v) is 10.5. The van der Waals surface area contributed by atoms with Gasteiger partial charge in [-0.1, -0.05) is 0 Å². The molecule has 0 bridgehead atoms. The van der Waals surface area contributed by atoms with Crippen LogP contribution in [0.25, 0.3) is 0 Å². The molecule has 14 nitrogen and oxygen atoms in total. The third-order valence-corrected chi connectivity index (χ3v) is 4.85. The first kappa shape index (κ1) is 30.6. The topological polar surface area (TPSA) is 255 Å². The lowest BCUT2D eigenvalue weighted by molar-refractivity contribution is -0.166. The number of carboxylic acids is 1. The van der Waals surface area contributed by atoms with E-state index in [2.05, 4.69) is 15.4 Å². The zero-order valence-corrected chi connectivity index (χ0v) is 18.6. The number of hydrogen-bond donors (Lipinski definition) is 9. The zero-order chi connectivity index (χ0) is 25.6. The molecule has 0 aliphatic carbocycles. The Morgan fingerprint density at radius 1 is 0.879 bits per heavy atom. The van der Waals surface area contributed by atoms with Crippen molar-refractivity contribution in [1.82, 2.24) is 10.6 Å². The molecule has 0 aliphatic heterocycles. The standard InChI is InChI=1S/C19H36N4O10/c1-33-19(32)11(7-2-4-8-20)23-16(28)10(21)6-3-5-9-22-17(29)14(26)12(24)13(25)15(27)18(30)31/h10-15,24-27H,2-9,20-21H2,1H3,(H,22,29)(H,23,28)(H,30,31)/t10-,11?,12-,13+,14+,15-/m0/s1. The Kier molecular flexibility index (Phi) is 15.1. The lowest BCUT2D eigenvalue weighted by Crippen LogP contribution is -2.52. The molecule has 0 aromatic heterocycles. The first-order chi connectivity index (χ1) is 15.5. The van der Waals surface area contributed by atoms with Crippen LogP contribution < -0.4 is 22.1 Å². The number of esters is 1. The van der Waals surface area contributed by atoms with Gasteiger partial charge < -0.3 is 52.4 Å². The van der Waals surface area contributed by atoms with Crippen LogP contribution in [0.4, 0.5) is 0 Å². The van der Waals surface area contributed by atoms with Gasteiger partial charge in [-0.25, -0.2) is 9.59 Å². The minimum Gasteiger partial charge on any atom is -0.479 e. The van der Waals surface area contributed by atoms with Crippen molar-refractivity contribution in [2.75, 3.05) is 20.2 Å². The largest absolute Gasteiger partial charge is 0.479 e. The van der Waals surface area contributed by atoms with Gasteiger partial charge in [-0.3, -0.25) is 9.59 Å². The Labute approximate surface area is 191 Å². The molecule has 0 aromatic rings. The molecule has 0 radical (unpaired) electrons. The number of unbranched alkanes of at least 4 members (excludes halogenated alkanes) is 2. The number of hydrogen-bond acceptors (Lipinski definition) is 11. The molecule has 33 heavy (non-hydrogen) atoms. The summed E-state index contributed by atoms with van der Waals surface area (Å²) in [7, 11) is 1.21. The van der Waals surface area contributed by atoms with E-state index in [-0.39, 0.29) is 13.0 Å². The summed E-state index contributed by atoms with van der Waals surface area (Å²) in [6.07, 6.45) is -6.41. The van der Waals surface area contributed by atoms with Crippen LogP contribution in [0, 0.1) is 0 Å². The predicted molar refractivity (Wildman–Crippen MR) is 113 cm³/mol. The van der Waals surface area contributed by atoms with E-state index in [1.54, 1.807) is 0 Å². The fourth-order valence-electron chi connectivity index (χ4n) is 2.77. The summed E-state index contributed by atoms with van der Waals surface area (Å²) < 4.78 is 4.67. The first-order valence-electron chi connectivity index (χ1n) is 10.5. The quantitative estimate of drug-likeness (QED) is 0.0711. The predicted octanol–water partition coefficient (Wildman–Crippen LogP) is -4.08. The molecule has 11 N–H and O–H groups in total. The van der Waals surface area contributed by atoms with Crippen molar-refractivity contribution in [3.63, 3.8) is 0 Å². The number of aliphatic hydroxyl groups excluding tert-OH is 4. The van der Waals surface area contributed by atoms with Gasteiger partial charge in [0.05, 0.1) is 13.2 Å². The fraction of sp³-hybridized carbons (Fsp3) is 0.789. The number of methoxy groups -OCH3 is 1. The van der Waals surface area contributed by atoms with Crippen LogP contribution in [0.15, 0.2) is 0 Å². The molecule has 14 heteroatoms. The van der Waals surface area contributed by atoms with Crippen molar-refractivity contribution in [3.05, 3.63) is 0 Å². The number of amides is 2. The number of rotatable bonds is 17. The van der Waals surface area contributed by atoms with Gasteiger partial charge in [0, 0.05) is 6.54 Å². The lowest BCUT2D eigenvalue weighted by atomic mass is 10.0. The Hall–Kier alpha value is -2.36. The summed E-state index contributed by atoms with van der Waals surface area (Å²) in [5.74, 6) is -4.04. The maximum Gasteiger partial charge on any atom is 0.335 e. The average Bonchev–Trinajstić information content (AvgIpc) is 2.80. The van der Waals surface area contributed by atoms with E-state index in [9.17, 15) is 34.5 Å². The highest BCUT2D eigenvalue weighted by atomic mass is 16.5. The van der Waals surface area contributed by atoms with Gasteiger partial charge in [0.15, 0.2) is 12.2 Å². The van der Waals surface area contributed by atoms with Crippen LogP contribution in [0.5, 0.6) is 0 Å². The molecule has 0 saturated heterocycles. The number of carbonyl (C=O) groups is 4. The third kappa shape index (κ3) is 11.4. The molecular weight excluding hydrogens is 444 g/mol. The number of carbonyl (C=O) groups excluding carboxylic acids is 3. The highest BCUT2D eigenvalue weighted by Gasteiger charge is 2.37. The van der Waals surface area contributed by atoms with E-state index in [4.69, 9.17) is 21.7 Å². The maximum absolute atomic E-state index is 12.2. The van der Waals surface area contributed by atoms with Crippen LogP contribution in [0.3, 0.4) is 0 Å². The van der Waals surface area contributed by atoms with Crippen LogP contribution >= 0.6 is 0 Å². The Balaban J connectivity index is 4.36. The summed E-state index contributed by atoms with van der Waals surface area (Å²) in [5.41, 5.74) is 11.3. The van der Waals surface area contributed by atoms with Gasteiger partial charge in [-0.05, 0) is 45.1 Å². The van der Waals surface area contributed by atoms with Crippen molar-refractivity contribution >= 4 is 23.8 Å². The second-order valence-corrected chi connectivity index (χ2v) is 7.47. The second-order valence-electron chi connectivity index (χ2n) is 7.47. The lowest BCUT2D eigenvalue weighted by Gasteiger charge is -2.24. The van der Waals surface area contributed by atoms with Crippen molar-refractivity contribution in [2.24, 2.45) is 11.5 Å². The van der Waals surface area contributed by atoms with Gasteiger partial charge in [0.25, 0.3) is 5.91 Å². The summed E-state index contributed by atoms with van der Waals surface area (Å²) in [4.78, 5) is 46.4. The van der Waals surface area contributed by atoms with Crippen molar-refractivity contribution < 1.29 is 49.4 Å². The van der Waals surface area contributed by atoms with Gasteiger partial charge in [-0.15, -0.1) is 0 Å². The number of nitrogens with two attached hydrogens (primary N) is 2. The van der Waals surface area contributed by atoms with E-state index in [1.807, 2.05) is 0 Å². The molecular formula is C19H36N4O10. The van der Waals surface area contributed by atoms with Gasteiger partial charge >= 0.3 is 11.9 Å². The fourth-order valence-corrected chi connectivity index (χ4v) is 2.77. The Morgan fingerprint density at radius 2 is 1.45 bits per heavy atom. The molecule has 0 fully saturated rings. The second kappa shape index (κ2) is 16.3. The minimum absolute atomic E-state index is 0.0262. The Bertz CT molecular complexity index is 636. The van der Waals surface area contributed by atoms with Gasteiger partial charge in [0.1, 0.15) is 18.2 Å². The van der Waals surface area contributed by atoms with E-state index >= 15 is 0 Å². The monoisotopic (exact) mass is 480 g/mol. The molecule has 6 atom stereocenters. The highest BCUT2D eigenvalue weighted by molar-refractivity contribution is 5.87. The smallest absolute Gasteiger partial charge is 0.335 e. The van der Waals surface area contributed by atoms with E-state index < -0.39 is 60.3 Å². The van der Waals surface area contributed by atoms with E-state index in [1.165, 1.54) is 7.11 Å². The highest BCUT2D eigenvalue weighted by Crippen LogP contribution is 2.07. The van der Waals surface area contributed by atoms with Crippen molar-refractivity contribution in [3.8, 4) is 0 Å². The molecule has 0 aliphatic rings. The van der Waals surface area contributed by atoms with E-state index in [0.29, 0.717) is 38.6 Å². The molecule has 0 aromatic carbocycles. The number of aliphatic hydroxyl groups is 4. The average molecular weight is 481 g/mol. The number of ether oxygens (including phenoxy) is 1. The van der Waals surface area contributed by atoms with Crippen molar-refractivity contribution in [1.29, 1.82) is 0 Å². The normalized spacial score (nSPS) is 16.6.